The average molecular weight is 410 g/mol. The predicted octanol–water partition coefficient (Wildman–Crippen LogP) is 4.38. The van der Waals surface area contributed by atoms with Crippen LogP contribution >= 0.6 is 11.8 Å². The number of rotatable bonds is 5. The fourth-order valence-electron chi connectivity index (χ4n) is 2.77. The maximum Gasteiger partial charge on any atom is 0.237 e. The smallest absolute Gasteiger partial charge is 0.237 e. The quantitative estimate of drug-likeness (QED) is 0.482. The molecule has 1 heterocycles. The Morgan fingerprint density at radius 1 is 1.07 bits per heavy atom. The minimum absolute atomic E-state index is 0.0795. The van der Waals surface area contributed by atoms with Crippen LogP contribution in [0.4, 0.5) is 5.69 Å². The van der Waals surface area contributed by atoms with Gasteiger partial charge in [-0.3, -0.25) is 4.79 Å². The predicted molar refractivity (Wildman–Crippen MR) is 119 cm³/mol. The summed E-state index contributed by atoms with van der Waals surface area (Å²) in [7, 11) is 0. The van der Waals surface area contributed by atoms with E-state index in [9.17, 15) is 4.79 Å². The number of carbonyl (C=O) groups is 1. The Bertz CT molecular complexity index is 988. The van der Waals surface area contributed by atoms with Gasteiger partial charge in [0.15, 0.2) is 5.82 Å². The molecule has 0 spiro atoms. The second-order valence-electron chi connectivity index (χ2n) is 8.12. The normalized spacial score (nSPS) is 12.6. The lowest BCUT2D eigenvalue weighted by Gasteiger charge is -2.19. The molecule has 152 valence electrons. The van der Waals surface area contributed by atoms with Crippen LogP contribution in [0.5, 0.6) is 0 Å². The highest BCUT2D eigenvalue weighted by atomic mass is 32.2. The first kappa shape index (κ1) is 20.9. The molecule has 0 saturated heterocycles. The Hall–Kier alpha value is -2.80. The lowest BCUT2D eigenvalue weighted by atomic mass is 9.87. The molecule has 6 nitrogen and oxygen atoms in total. The molecule has 1 aromatic heterocycles. The SMILES string of the molecule is Cc1ccc(NC(=O)[C@H](C)Sc2nnc(-c3ccc(C(C)(C)C)cc3)n2N)cc1. The van der Waals surface area contributed by atoms with E-state index in [2.05, 4.69) is 48.4 Å². The van der Waals surface area contributed by atoms with Crippen molar-refractivity contribution in [1.29, 1.82) is 0 Å². The number of nitrogens with zero attached hydrogens (tertiary/aromatic N) is 3. The number of anilines is 1. The van der Waals surface area contributed by atoms with Gasteiger partial charge < -0.3 is 11.2 Å². The summed E-state index contributed by atoms with van der Waals surface area (Å²) in [5.41, 5.74) is 4.11. The van der Waals surface area contributed by atoms with E-state index in [1.165, 1.54) is 22.0 Å². The molecule has 0 bridgehead atoms. The van der Waals surface area contributed by atoms with E-state index < -0.39 is 0 Å². The van der Waals surface area contributed by atoms with E-state index in [4.69, 9.17) is 5.84 Å². The van der Waals surface area contributed by atoms with Crippen LogP contribution in [-0.2, 0) is 10.2 Å². The second-order valence-corrected chi connectivity index (χ2v) is 9.43. The van der Waals surface area contributed by atoms with Crippen molar-refractivity contribution in [2.45, 2.75) is 50.4 Å². The zero-order valence-electron chi connectivity index (χ0n) is 17.4. The minimum Gasteiger partial charge on any atom is -0.335 e. The molecule has 0 aliphatic rings. The van der Waals surface area contributed by atoms with Crippen LogP contribution in [0.3, 0.4) is 0 Å². The van der Waals surface area contributed by atoms with E-state index in [0.717, 1.165) is 16.8 Å². The number of nitrogens with two attached hydrogens (primary N) is 1. The van der Waals surface area contributed by atoms with E-state index in [1.807, 2.05) is 50.2 Å². The largest absolute Gasteiger partial charge is 0.335 e. The van der Waals surface area contributed by atoms with Crippen molar-refractivity contribution in [1.82, 2.24) is 14.9 Å². The third-order valence-electron chi connectivity index (χ3n) is 4.64. The molecule has 0 aliphatic carbocycles. The summed E-state index contributed by atoms with van der Waals surface area (Å²) in [6.45, 7) is 10.3. The Morgan fingerprint density at radius 3 is 2.28 bits per heavy atom. The van der Waals surface area contributed by atoms with Gasteiger partial charge in [0.1, 0.15) is 0 Å². The first-order chi connectivity index (χ1) is 13.6. The van der Waals surface area contributed by atoms with E-state index in [0.29, 0.717) is 11.0 Å². The lowest BCUT2D eigenvalue weighted by molar-refractivity contribution is -0.115. The maximum absolute atomic E-state index is 12.5. The molecular weight excluding hydrogens is 382 g/mol. The number of aryl methyl sites for hydroxylation is 1. The Morgan fingerprint density at radius 2 is 1.69 bits per heavy atom. The van der Waals surface area contributed by atoms with Gasteiger partial charge in [-0.15, -0.1) is 10.2 Å². The maximum atomic E-state index is 12.5. The van der Waals surface area contributed by atoms with Gasteiger partial charge >= 0.3 is 0 Å². The molecule has 3 N–H and O–H groups in total. The van der Waals surface area contributed by atoms with Crippen LogP contribution in [-0.4, -0.2) is 26.0 Å². The Balaban J connectivity index is 1.70. The molecule has 7 heteroatoms. The summed E-state index contributed by atoms with van der Waals surface area (Å²) in [6.07, 6.45) is 0. The number of nitrogens with one attached hydrogen (secondary N) is 1. The van der Waals surface area contributed by atoms with Crippen molar-refractivity contribution in [3.8, 4) is 11.4 Å². The zero-order chi connectivity index (χ0) is 21.2. The van der Waals surface area contributed by atoms with E-state index in [-0.39, 0.29) is 16.6 Å². The summed E-state index contributed by atoms with van der Waals surface area (Å²) in [6, 6.07) is 15.8. The Kier molecular flexibility index (Phi) is 5.98. The molecular formula is C22H27N5OS. The highest BCUT2D eigenvalue weighted by molar-refractivity contribution is 8.00. The number of benzene rings is 2. The van der Waals surface area contributed by atoms with Crippen molar-refractivity contribution < 1.29 is 4.79 Å². The van der Waals surface area contributed by atoms with E-state index >= 15 is 0 Å². The highest BCUT2D eigenvalue weighted by Crippen LogP contribution is 2.28. The molecule has 0 saturated carbocycles. The molecule has 29 heavy (non-hydrogen) atoms. The van der Waals surface area contributed by atoms with Crippen LogP contribution in [0.1, 0.15) is 38.8 Å². The molecule has 0 aliphatic heterocycles. The third kappa shape index (κ3) is 4.98. The van der Waals surface area contributed by atoms with Crippen LogP contribution in [0.2, 0.25) is 0 Å². The number of aromatic nitrogens is 3. The van der Waals surface area contributed by atoms with Gasteiger partial charge in [-0.1, -0.05) is 74.5 Å². The fraction of sp³-hybridized carbons (Fsp3) is 0.318. The zero-order valence-corrected chi connectivity index (χ0v) is 18.2. The number of hydrogen-bond donors (Lipinski definition) is 2. The summed E-state index contributed by atoms with van der Waals surface area (Å²) >= 11 is 1.28. The van der Waals surface area contributed by atoms with Crippen molar-refractivity contribution in [3.63, 3.8) is 0 Å². The molecule has 0 unspecified atom stereocenters. The van der Waals surface area contributed by atoms with Gasteiger partial charge in [0.25, 0.3) is 0 Å². The third-order valence-corrected chi connectivity index (χ3v) is 5.70. The van der Waals surface area contributed by atoms with Gasteiger partial charge in [0.05, 0.1) is 5.25 Å². The van der Waals surface area contributed by atoms with Crippen LogP contribution in [0.25, 0.3) is 11.4 Å². The second kappa shape index (κ2) is 8.29. The summed E-state index contributed by atoms with van der Waals surface area (Å²) in [4.78, 5) is 12.5. The summed E-state index contributed by atoms with van der Waals surface area (Å²) in [5, 5.41) is 11.4. The summed E-state index contributed by atoms with van der Waals surface area (Å²) < 4.78 is 1.44. The fourth-order valence-corrected chi connectivity index (χ4v) is 3.54. The first-order valence-corrected chi connectivity index (χ1v) is 10.4. The van der Waals surface area contributed by atoms with Crippen molar-refractivity contribution in [2.24, 2.45) is 0 Å². The highest BCUT2D eigenvalue weighted by Gasteiger charge is 2.20. The van der Waals surface area contributed by atoms with Crippen molar-refractivity contribution in [2.75, 3.05) is 11.2 Å². The Labute approximate surface area is 175 Å². The number of nitrogen functional groups attached to an aromatic ring is 1. The van der Waals surface area contributed by atoms with Gasteiger partial charge in [0, 0.05) is 11.3 Å². The standard InChI is InChI=1S/C22H27N5OS/c1-14-6-12-18(13-7-14)24-20(28)15(2)29-21-26-25-19(27(21)23)16-8-10-17(11-9-16)22(3,4)5/h6-13,15H,23H2,1-5H3,(H,24,28)/t15-/m0/s1. The van der Waals surface area contributed by atoms with Gasteiger partial charge in [-0.25, -0.2) is 4.68 Å². The topological polar surface area (TPSA) is 85.8 Å². The minimum atomic E-state index is -0.376. The summed E-state index contributed by atoms with van der Waals surface area (Å²) in [5.74, 6) is 6.67. The van der Waals surface area contributed by atoms with Crippen molar-refractivity contribution >= 4 is 23.4 Å². The van der Waals surface area contributed by atoms with Gasteiger partial charge in [-0.2, -0.15) is 0 Å². The number of amides is 1. The molecule has 3 aromatic rings. The monoisotopic (exact) mass is 409 g/mol. The van der Waals surface area contributed by atoms with E-state index in [1.54, 1.807) is 0 Å². The van der Waals surface area contributed by atoms with Crippen molar-refractivity contribution in [3.05, 3.63) is 59.7 Å². The van der Waals surface area contributed by atoms with Crippen LogP contribution in [0, 0.1) is 6.92 Å². The average Bonchev–Trinajstić information content (AvgIpc) is 3.03. The molecule has 2 aromatic carbocycles. The van der Waals surface area contributed by atoms with Crippen LogP contribution in [0.15, 0.2) is 53.7 Å². The first-order valence-electron chi connectivity index (χ1n) is 9.51. The van der Waals surface area contributed by atoms with Gasteiger partial charge in [0.2, 0.25) is 11.1 Å². The molecule has 3 rings (SSSR count). The molecule has 0 fully saturated rings. The number of thioether (sulfide) groups is 1. The van der Waals surface area contributed by atoms with Crippen LogP contribution < -0.4 is 11.2 Å². The molecule has 0 radical (unpaired) electrons. The van der Waals surface area contributed by atoms with Gasteiger partial charge in [-0.05, 0) is 37.0 Å². The molecule has 1 amide bonds. The molecule has 1 atom stereocenters. The number of hydrogen-bond acceptors (Lipinski definition) is 5. The number of carbonyl (C=O) groups excluding carboxylic acids is 1. The lowest BCUT2D eigenvalue weighted by Crippen LogP contribution is -2.23.